The van der Waals surface area contributed by atoms with Crippen molar-refractivity contribution in [1.82, 2.24) is 4.98 Å². The lowest BCUT2D eigenvalue weighted by Crippen LogP contribution is -2.30. The third-order valence-corrected chi connectivity index (χ3v) is 3.15. The lowest BCUT2D eigenvalue weighted by molar-refractivity contribution is -0.123. The van der Waals surface area contributed by atoms with Crippen molar-refractivity contribution >= 4 is 40.9 Å². The van der Waals surface area contributed by atoms with Crippen LogP contribution in [0.1, 0.15) is 17.3 Å². The maximum atomic E-state index is 11.9. The van der Waals surface area contributed by atoms with Gasteiger partial charge in [-0.15, -0.1) is 0 Å². The van der Waals surface area contributed by atoms with Crippen molar-refractivity contribution in [3.05, 3.63) is 58.2 Å². The molecule has 0 aliphatic rings. The van der Waals surface area contributed by atoms with Crippen LogP contribution >= 0.6 is 23.2 Å². The van der Waals surface area contributed by atoms with Gasteiger partial charge in [-0.2, -0.15) is 0 Å². The first-order valence-corrected chi connectivity index (χ1v) is 7.10. The van der Waals surface area contributed by atoms with Gasteiger partial charge in [-0.1, -0.05) is 29.3 Å². The summed E-state index contributed by atoms with van der Waals surface area (Å²) in [5.41, 5.74) is 0.275. The number of nitrogens with zero attached hydrogens (tertiary/aromatic N) is 1. The van der Waals surface area contributed by atoms with Gasteiger partial charge in [0, 0.05) is 11.2 Å². The Bertz CT molecular complexity index is 689. The van der Waals surface area contributed by atoms with E-state index < -0.39 is 18.0 Å². The third-order valence-electron chi connectivity index (χ3n) is 2.69. The first kappa shape index (κ1) is 16.3. The van der Waals surface area contributed by atoms with E-state index in [9.17, 15) is 9.59 Å². The summed E-state index contributed by atoms with van der Waals surface area (Å²) < 4.78 is 5.09. The normalized spacial score (nSPS) is 11.6. The number of carbonyl (C=O) groups is 2. The number of benzene rings is 1. The van der Waals surface area contributed by atoms with Crippen LogP contribution in [0.2, 0.25) is 10.0 Å². The maximum Gasteiger partial charge on any atom is 0.338 e. The van der Waals surface area contributed by atoms with E-state index in [4.69, 9.17) is 27.9 Å². The van der Waals surface area contributed by atoms with Crippen LogP contribution in [0.5, 0.6) is 0 Å². The summed E-state index contributed by atoms with van der Waals surface area (Å²) in [6, 6.07) is 9.43. The number of nitrogens with one attached hydrogen (secondary N) is 1. The number of amides is 1. The second-order valence-corrected chi connectivity index (χ2v) is 5.28. The zero-order chi connectivity index (χ0) is 16.1. The van der Waals surface area contributed by atoms with Gasteiger partial charge in [-0.05, 0) is 37.3 Å². The average molecular weight is 339 g/mol. The van der Waals surface area contributed by atoms with Crippen LogP contribution in [0.3, 0.4) is 0 Å². The van der Waals surface area contributed by atoms with Gasteiger partial charge in [0.25, 0.3) is 5.91 Å². The van der Waals surface area contributed by atoms with Gasteiger partial charge in [0.15, 0.2) is 6.10 Å². The second kappa shape index (κ2) is 7.24. The van der Waals surface area contributed by atoms with E-state index in [2.05, 4.69) is 10.3 Å². The first-order chi connectivity index (χ1) is 10.5. The second-order valence-electron chi connectivity index (χ2n) is 4.41. The van der Waals surface area contributed by atoms with Crippen molar-refractivity contribution in [1.29, 1.82) is 0 Å². The van der Waals surface area contributed by atoms with Crippen molar-refractivity contribution < 1.29 is 14.3 Å². The van der Waals surface area contributed by atoms with Crippen LogP contribution in [0, 0.1) is 0 Å². The summed E-state index contributed by atoms with van der Waals surface area (Å²) in [5.74, 6) is -0.806. The Morgan fingerprint density at radius 1 is 1.18 bits per heavy atom. The minimum Gasteiger partial charge on any atom is -0.449 e. The summed E-state index contributed by atoms with van der Waals surface area (Å²) in [5, 5.41) is 3.40. The molecule has 2 rings (SSSR count). The molecule has 0 saturated heterocycles. The minimum atomic E-state index is -0.982. The Morgan fingerprint density at radius 3 is 2.59 bits per heavy atom. The maximum absolute atomic E-state index is 11.9. The molecule has 1 aromatic heterocycles. The number of hydrogen-bond acceptors (Lipinski definition) is 4. The van der Waals surface area contributed by atoms with E-state index in [0.717, 1.165) is 0 Å². The molecule has 1 atom stereocenters. The Labute approximate surface area is 137 Å². The lowest BCUT2D eigenvalue weighted by atomic mass is 10.2. The fourth-order valence-corrected chi connectivity index (χ4v) is 1.88. The number of rotatable bonds is 4. The highest BCUT2D eigenvalue weighted by Crippen LogP contribution is 2.13. The molecule has 1 aromatic carbocycles. The number of halogens is 2. The van der Waals surface area contributed by atoms with E-state index in [-0.39, 0.29) is 5.56 Å². The lowest BCUT2D eigenvalue weighted by Gasteiger charge is -2.13. The number of aromatic nitrogens is 1. The van der Waals surface area contributed by atoms with E-state index in [1.807, 2.05) is 0 Å². The molecule has 0 aliphatic carbocycles. The highest BCUT2D eigenvalue weighted by Gasteiger charge is 2.19. The molecule has 0 aliphatic heterocycles. The number of ether oxygens (including phenoxy) is 1. The zero-order valence-corrected chi connectivity index (χ0v) is 13.1. The van der Waals surface area contributed by atoms with Crippen LogP contribution in [-0.2, 0) is 9.53 Å². The molecular weight excluding hydrogens is 327 g/mol. The highest BCUT2D eigenvalue weighted by molar-refractivity contribution is 6.31. The molecule has 1 heterocycles. The number of pyridine rings is 1. The molecule has 5 nitrogen and oxygen atoms in total. The number of esters is 1. The summed E-state index contributed by atoms with van der Waals surface area (Å²) in [7, 11) is 0. The molecule has 1 unspecified atom stereocenters. The van der Waals surface area contributed by atoms with Gasteiger partial charge in [0.1, 0.15) is 5.82 Å². The standard InChI is InChI=1S/C15H12Cl2N2O3/c1-9(14(20)19-13-6-5-12(17)8-18-13)22-15(21)10-3-2-4-11(16)7-10/h2-9H,1H3,(H,18,19,20). The first-order valence-electron chi connectivity index (χ1n) is 6.34. The molecule has 22 heavy (non-hydrogen) atoms. The van der Waals surface area contributed by atoms with Gasteiger partial charge >= 0.3 is 5.97 Å². The monoisotopic (exact) mass is 338 g/mol. The van der Waals surface area contributed by atoms with Crippen molar-refractivity contribution in [2.45, 2.75) is 13.0 Å². The van der Waals surface area contributed by atoms with Gasteiger partial charge < -0.3 is 10.1 Å². The molecule has 0 fully saturated rings. The molecule has 7 heteroatoms. The largest absolute Gasteiger partial charge is 0.449 e. The SMILES string of the molecule is CC(OC(=O)c1cccc(Cl)c1)C(=O)Nc1ccc(Cl)cn1. The van der Waals surface area contributed by atoms with Crippen LogP contribution in [0.15, 0.2) is 42.6 Å². The molecule has 1 amide bonds. The summed E-state index contributed by atoms with van der Waals surface area (Å²) in [4.78, 5) is 27.8. The molecule has 2 aromatic rings. The molecule has 0 saturated carbocycles. The van der Waals surface area contributed by atoms with E-state index in [1.54, 1.807) is 30.3 Å². The van der Waals surface area contributed by atoms with Crippen LogP contribution < -0.4 is 5.32 Å². The smallest absolute Gasteiger partial charge is 0.338 e. The van der Waals surface area contributed by atoms with Crippen molar-refractivity contribution in [3.8, 4) is 0 Å². The number of carbonyl (C=O) groups excluding carboxylic acids is 2. The number of anilines is 1. The molecule has 0 spiro atoms. The topological polar surface area (TPSA) is 68.3 Å². The minimum absolute atomic E-state index is 0.275. The van der Waals surface area contributed by atoms with Gasteiger partial charge in [-0.3, -0.25) is 4.79 Å². The van der Waals surface area contributed by atoms with E-state index >= 15 is 0 Å². The van der Waals surface area contributed by atoms with Crippen molar-refractivity contribution in [3.63, 3.8) is 0 Å². The fourth-order valence-electron chi connectivity index (χ4n) is 1.58. The predicted octanol–water partition coefficient (Wildman–Crippen LogP) is 3.57. The van der Waals surface area contributed by atoms with Crippen LogP contribution in [-0.4, -0.2) is 23.0 Å². The van der Waals surface area contributed by atoms with Gasteiger partial charge in [0.2, 0.25) is 0 Å². The Balaban J connectivity index is 1.96. The van der Waals surface area contributed by atoms with E-state index in [0.29, 0.717) is 15.9 Å². The van der Waals surface area contributed by atoms with Crippen LogP contribution in [0.25, 0.3) is 0 Å². The Morgan fingerprint density at radius 2 is 1.95 bits per heavy atom. The Hall–Kier alpha value is -2.11. The third kappa shape index (κ3) is 4.44. The number of hydrogen-bond donors (Lipinski definition) is 1. The molecule has 1 N–H and O–H groups in total. The molecule has 0 radical (unpaired) electrons. The highest BCUT2D eigenvalue weighted by atomic mass is 35.5. The van der Waals surface area contributed by atoms with Gasteiger partial charge in [-0.25, -0.2) is 9.78 Å². The molecular formula is C15H12Cl2N2O3. The zero-order valence-electron chi connectivity index (χ0n) is 11.5. The summed E-state index contributed by atoms with van der Waals surface area (Å²) in [6.07, 6.45) is 0.420. The molecule has 114 valence electrons. The van der Waals surface area contributed by atoms with Gasteiger partial charge in [0.05, 0.1) is 10.6 Å². The van der Waals surface area contributed by atoms with E-state index in [1.165, 1.54) is 19.2 Å². The average Bonchev–Trinajstić information content (AvgIpc) is 2.49. The Kier molecular flexibility index (Phi) is 5.35. The van der Waals surface area contributed by atoms with Crippen molar-refractivity contribution in [2.75, 3.05) is 5.32 Å². The molecule has 0 bridgehead atoms. The van der Waals surface area contributed by atoms with Crippen molar-refractivity contribution in [2.24, 2.45) is 0 Å². The predicted molar refractivity (Wildman–Crippen MR) is 84.2 cm³/mol. The summed E-state index contributed by atoms with van der Waals surface area (Å²) >= 11 is 11.5. The van der Waals surface area contributed by atoms with Crippen LogP contribution in [0.4, 0.5) is 5.82 Å². The fraction of sp³-hybridized carbons (Fsp3) is 0.133. The quantitative estimate of drug-likeness (QED) is 0.865. The summed E-state index contributed by atoms with van der Waals surface area (Å²) in [6.45, 7) is 1.47.